The molecule has 120 valence electrons. The molecule has 0 aliphatic carbocycles. The summed E-state index contributed by atoms with van der Waals surface area (Å²) in [5.41, 5.74) is 0. The number of carbonyl (C=O) groups excluding carboxylic acids is 2. The molecule has 0 aromatic rings. The molecule has 1 aliphatic heterocycles. The van der Waals surface area contributed by atoms with Crippen molar-refractivity contribution in [2.24, 2.45) is 5.92 Å². The molecule has 1 aliphatic rings. The molecule has 1 heterocycles. The molecule has 1 saturated heterocycles. The minimum absolute atomic E-state index is 0.00330. The summed E-state index contributed by atoms with van der Waals surface area (Å²) < 4.78 is 0. The lowest BCUT2D eigenvalue weighted by molar-refractivity contribution is -0.137. The minimum atomic E-state index is -0.963. The van der Waals surface area contributed by atoms with Crippen LogP contribution in [0.15, 0.2) is 0 Å². The predicted molar refractivity (Wildman–Crippen MR) is 77.8 cm³/mol. The van der Waals surface area contributed by atoms with E-state index in [0.717, 1.165) is 25.9 Å². The standard InChI is InChI=1S/C14H25N3O4/c1-9(2)11(8-12(18)19)16-14(21)15-10(3)13(20)17-6-4-5-7-17/h9-11H,4-8H2,1-3H3,(H,18,19)(H2,15,16,21). The fourth-order valence-electron chi connectivity index (χ4n) is 2.32. The molecule has 0 radical (unpaired) electrons. The van der Waals surface area contributed by atoms with Crippen LogP contribution in [0.3, 0.4) is 0 Å². The molecule has 3 N–H and O–H groups in total. The highest BCUT2D eigenvalue weighted by atomic mass is 16.4. The molecule has 2 unspecified atom stereocenters. The molecule has 0 aromatic carbocycles. The lowest BCUT2D eigenvalue weighted by Crippen LogP contribution is -2.52. The normalized spacial score (nSPS) is 17.4. The number of hydrogen-bond donors (Lipinski definition) is 3. The summed E-state index contributed by atoms with van der Waals surface area (Å²) in [7, 11) is 0. The van der Waals surface area contributed by atoms with Gasteiger partial charge in [0.1, 0.15) is 6.04 Å². The van der Waals surface area contributed by atoms with E-state index in [9.17, 15) is 14.4 Å². The molecule has 7 nitrogen and oxygen atoms in total. The van der Waals surface area contributed by atoms with Crippen molar-refractivity contribution < 1.29 is 19.5 Å². The van der Waals surface area contributed by atoms with Gasteiger partial charge in [-0.1, -0.05) is 13.8 Å². The fraction of sp³-hybridized carbons (Fsp3) is 0.786. The van der Waals surface area contributed by atoms with Crippen molar-refractivity contribution in [3.8, 4) is 0 Å². The van der Waals surface area contributed by atoms with E-state index in [1.165, 1.54) is 0 Å². The summed E-state index contributed by atoms with van der Waals surface area (Å²) in [6.07, 6.45) is 1.86. The van der Waals surface area contributed by atoms with Crippen molar-refractivity contribution in [1.82, 2.24) is 15.5 Å². The van der Waals surface area contributed by atoms with Gasteiger partial charge >= 0.3 is 12.0 Å². The Labute approximate surface area is 125 Å². The van der Waals surface area contributed by atoms with Crippen LogP contribution in [0.2, 0.25) is 0 Å². The molecule has 0 bridgehead atoms. The number of rotatable bonds is 6. The Hall–Kier alpha value is -1.79. The topological polar surface area (TPSA) is 98.7 Å². The summed E-state index contributed by atoms with van der Waals surface area (Å²) in [4.78, 5) is 36.5. The van der Waals surface area contributed by atoms with Gasteiger partial charge in [0, 0.05) is 19.1 Å². The van der Waals surface area contributed by atoms with Crippen LogP contribution in [0.5, 0.6) is 0 Å². The highest BCUT2D eigenvalue weighted by Gasteiger charge is 2.26. The van der Waals surface area contributed by atoms with E-state index < -0.39 is 24.1 Å². The lowest BCUT2D eigenvalue weighted by atomic mass is 10.0. The van der Waals surface area contributed by atoms with E-state index in [4.69, 9.17) is 5.11 Å². The molecule has 1 fully saturated rings. The summed E-state index contributed by atoms with van der Waals surface area (Å²) in [5, 5.41) is 14.0. The maximum absolute atomic E-state index is 12.1. The summed E-state index contributed by atoms with van der Waals surface area (Å²) in [5.74, 6) is -1.06. The van der Waals surface area contributed by atoms with E-state index in [-0.39, 0.29) is 18.2 Å². The summed E-state index contributed by atoms with van der Waals surface area (Å²) in [6, 6.07) is -1.58. The third-order valence-corrected chi connectivity index (χ3v) is 3.65. The first-order chi connectivity index (χ1) is 9.81. The van der Waals surface area contributed by atoms with Crippen LogP contribution in [-0.2, 0) is 9.59 Å². The van der Waals surface area contributed by atoms with Gasteiger partial charge in [-0.25, -0.2) is 4.79 Å². The van der Waals surface area contributed by atoms with E-state index in [1.54, 1.807) is 11.8 Å². The highest BCUT2D eigenvalue weighted by molar-refractivity contribution is 5.87. The fourth-order valence-corrected chi connectivity index (χ4v) is 2.32. The molecular weight excluding hydrogens is 274 g/mol. The van der Waals surface area contributed by atoms with Gasteiger partial charge in [-0.15, -0.1) is 0 Å². The van der Waals surface area contributed by atoms with Crippen molar-refractivity contribution in [3.05, 3.63) is 0 Å². The average Bonchev–Trinajstić information content (AvgIpc) is 2.89. The molecular formula is C14H25N3O4. The van der Waals surface area contributed by atoms with Gasteiger partial charge < -0.3 is 20.6 Å². The number of nitrogens with zero attached hydrogens (tertiary/aromatic N) is 1. The first-order valence-electron chi connectivity index (χ1n) is 7.39. The summed E-state index contributed by atoms with van der Waals surface area (Å²) in [6.45, 7) is 6.79. The Kier molecular flexibility index (Phi) is 6.45. The number of hydrogen-bond acceptors (Lipinski definition) is 3. The zero-order valence-electron chi connectivity index (χ0n) is 12.9. The van der Waals surface area contributed by atoms with Crippen LogP contribution in [0.1, 0.15) is 40.0 Å². The van der Waals surface area contributed by atoms with Crippen LogP contribution in [0.25, 0.3) is 0 Å². The van der Waals surface area contributed by atoms with Crippen LogP contribution in [0.4, 0.5) is 4.79 Å². The minimum Gasteiger partial charge on any atom is -0.481 e. The lowest BCUT2D eigenvalue weighted by Gasteiger charge is -2.24. The van der Waals surface area contributed by atoms with Gasteiger partial charge in [-0.05, 0) is 25.7 Å². The number of aliphatic carboxylic acids is 1. The zero-order valence-corrected chi connectivity index (χ0v) is 12.9. The van der Waals surface area contributed by atoms with Gasteiger partial charge in [-0.3, -0.25) is 9.59 Å². The molecule has 3 amide bonds. The van der Waals surface area contributed by atoms with Gasteiger partial charge in [-0.2, -0.15) is 0 Å². The first-order valence-corrected chi connectivity index (χ1v) is 7.39. The quantitative estimate of drug-likeness (QED) is 0.675. The number of amides is 3. The van der Waals surface area contributed by atoms with E-state index in [2.05, 4.69) is 10.6 Å². The first kappa shape index (κ1) is 17.3. The maximum atomic E-state index is 12.1. The molecule has 0 saturated carbocycles. The van der Waals surface area contributed by atoms with E-state index in [0.29, 0.717) is 0 Å². The summed E-state index contributed by atoms with van der Waals surface area (Å²) >= 11 is 0. The second-order valence-corrected chi connectivity index (χ2v) is 5.82. The van der Waals surface area contributed by atoms with Gasteiger partial charge in [0.05, 0.1) is 6.42 Å². The second-order valence-electron chi connectivity index (χ2n) is 5.82. The van der Waals surface area contributed by atoms with Gasteiger partial charge in [0.25, 0.3) is 0 Å². The number of carboxylic acids is 1. The molecule has 0 aromatic heterocycles. The Morgan fingerprint density at radius 2 is 1.67 bits per heavy atom. The largest absolute Gasteiger partial charge is 0.481 e. The Morgan fingerprint density at radius 1 is 1.10 bits per heavy atom. The molecule has 21 heavy (non-hydrogen) atoms. The third kappa shape index (κ3) is 5.61. The molecule has 7 heteroatoms. The molecule has 2 atom stereocenters. The monoisotopic (exact) mass is 299 g/mol. The Morgan fingerprint density at radius 3 is 2.14 bits per heavy atom. The van der Waals surface area contributed by atoms with E-state index >= 15 is 0 Å². The average molecular weight is 299 g/mol. The number of likely N-dealkylation sites (tertiary alicyclic amines) is 1. The number of nitrogens with one attached hydrogen (secondary N) is 2. The zero-order chi connectivity index (χ0) is 16.0. The highest BCUT2D eigenvalue weighted by Crippen LogP contribution is 2.09. The Balaban J connectivity index is 2.46. The maximum Gasteiger partial charge on any atom is 0.315 e. The third-order valence-electron chi connectivity index (χ3n) is 3.65. The number of carboxylic acid groups (broad SMARTS) is 1. The second kappa shape index (κ2) is 7.85. The smallest absolute Gasteiger partial charge is 0.315 e. The van der Waals surface area contributed by atoms with Crippen LogP contribution in [0, 0.1) is 5.92 Å². The van der Waals surface area contributed by atoms with Crippen molar-refractivity contribution >= 4 is 17.9 Å². The SMILES string of the molecule is CC(NC(=O)NC(CC(=O)O)C(C)C)C(=O)N1CCCC1. The molecule has 0 spiro atoms. The van der Waals surface area contributed by atoms with Crippen LogP contribution in [-0.4, -0.2) is 53.1 Å². The Bertz CT molecular complexity index is 392. The van der Waals surface area contributed by atoms with E-state index in [1.807, 2.05) is 13.8 Å². The number of urea groups is 1. The van der Waals surface area contributed by atoms with Crippen molar-refractivity contribution in [3.63, 3.8) is 0 Å². The van der Waals surface area contributed by atoms with Crippen LogP contribution < -0.4 is 10.6 Å². The van der Waals surface area contributed by atoms with Crippen molar-refractivity contribution in [2.75, 3.05) is 13.1 Å². The number of carbonyl (C=O) groups is 3. The van der Waals surface area contributed by atoms with Crippen LogP contribution >= 0.6 is 0 Å². The predicted octanol–water partition coefficient (Wildman–Crippen LogP) is 0.796. The van der Waals surface area contributed by atoms with Crippen molar-refractivity contribution in [1.29, 1.82) is 0 Å². The van der Waals surface area contributed by atoms with Gasteiger partial charge in [0.15, 0.2) is 0 Å². The van der Waals surface area contributed by atoms with Crippen molar-refractivity contribution in [2.45, 2.75) is 52.1 Å². The molecule has 1 rings (SSSR count). The van der Waals surface area contributed by atoms with Gasteiger partial charge in [0.2, 0.25) is 5.91 Å².